The van der Waals surface area contributed by atoms with E-state index < -0.39 is 0 Å². The van der Waals surface area contributed by atoms with Crippen LogP contribution in [0.2, 0.25) is 0 Å². The molecule has 21 heavy (non-hydrogen) atoms. The first-order valence-electron chi connectivity index (χ1n) is 7.30. The Kier molecular flexibility index (Phi) is 5.90. The number of fused-ring (bicyclic) bond motifs is 1. The van der Waals surface area contributed by atoms with Crippen molar-refractivity contribution >= 4 is 21.6 Å². The number of aromatic nitrogens is 2. The molecule has 0 atom stereocenters. The number of thiophene rings is 1. The summed E-state index contributed by atoms with van der Waals surface area (Å²) in [6.45, 7) is 7.32. The Morgan fingerprint density at radius 2 is 2.14 bits per heavy atom. The number of methoxy groups -OCH3 is 1. The zero-order valence-electron chi connectivity index (χ0n) is 12.9. The molecule has 0 amide bonds. The molecule has 0 unspecified atom stereocenters. The Labute approximate surface area is 129 Å². The molecule has 116 valence electrons. The summed E-state index contributed by atoms with van der Waals surface area (Å²) in [6, 6.07) is 0. The van der Waals surface area contributed by atoms with E-state index in [1.165, 1.54) is 4.88 Å². The quantitative estimate of drug-likeness (QED) is 0.759. The van der Waals surface area contributed by atoms with Crippen LogP contribution in [0.5, 0.6) is 0 Å². The fourth-order valence-corrected chi connectivity index (χ4v) is 3.25. The van der Waals surface area contributed by atoms with Gasteiger partial charge in [0, 0.05) is 25.1 Å². The minimum atomic E-state index is 0.0918. The van der Waals surface area contributed by atoms with E-state index >= 15 is 0 Å². The van der Waals surface area contributed by atoms with Gasteiger partial charge in [-0.15, -0.1) is 11.3 Å². The van der Waals surface area contributed by atoms with Gasteiger partial charge in [-0.2, -0.15) is 0 Å². The summed E-state index contributed by atoms with van der Waals surface area (Å²) in [5.74, 6) is 0. The zero-order chi connectivity index (χ0) is 15.2. The average molecular weight is 309 g/mol. The lowest BCUT2D eigenvalue weighted by molar-refractivity contribution is 0.199. The minimum Gasteiger partial charge on any atom is -0.383 e. The molecule has 2 rings (SSSR count). The molecule has 0 saturated heterocycles. The third kappa shape index (κ3) is 3.90. The van der Waals surface area contributed by atoms with E-state index in [9.17, 15) is 4.79 Å². The second-order valence-electron chi connectivity index (χ2n) is 5.16. The topological polar surface area (TPSA) is 56.1 Å². The molecule has 0 spiro atoms. The lowest BCUT2D eigenvalue weighted by atomic mass is 10.2. The second-order valence-corrected chi connectivity index (χ2v) is 6.36. The SMILES string of the molecule is COCCNCCCCn1cnc2sc(C)c(C)c2c1=O. The van der Waals surface area contributed by atoms with Crippen LogP contribution in [0.4, 0.5) is 0 Å². The van der Waals surface area contributed by atoms with Crippen LogP contribution in [0.3, 0.4) is 0 Å². The number of aryl methyl sites for hydroxylation is 3. The van der Waals surface area contributed by atoms with E-state index in [-0.39, 0.29) is 5.56 Å². The highest BCUT2D eigenvalue weighted by molar-refractivity contribution is 7.18. The Hall–Kier alpha value is -1.24. The number of nitrogens with one attached hydrogen (secondary N) is 1. The van der Waals surface area contributed by atoms with Gasteiger partial charge in [0.15, 0.2) is 0 Å². The van der Waals surface area contributed by atoms with Gasteiger partial charge in [-0.05, 0) is 38.8 Å². The molecule has 0 aliphatic heterocycles. The molecule has 5 nitrogen and oxygen atoms in total. The summed E-state index contributed by atoms with van der Waals surface area (Å²) in [7, 11) is 1.70. The van der Waals surface area contributed by atoms with Gasteiger partial charge in [0.2, 0.25) is 0 Å². The van der Waals surface area contributed by atoms with E-state index in [0.717, 1.165) is 54.9 Å². The van der Waals surface area contributed by atoms with Gasteiger partial charge in [-0.3, -0.25) is 9.36 Å². The summed E-state index contributed by atoms with van der Waals surface area (Å²) in [6.07, 6.45) is 3.68. The van der Waals surface area contributed by atoms with Gasteiger partial charge >= 0.3 is 0 Å². The summed E-state index contributed by atoms with van der Waals surface area (Å²) in [4.78, 5) is 18.9. The summed E-state index contributed by atoms with van der Waals surface area (Å²) in [5.41, 5.74) is 1.16. The molecule has 1 N–H and O–H groups in total. The Balaban J connectivity index is 1.92. The van der Waals surface area contributed by atoms with Gasteiger partial charge in [0.25, 0.3) is 5.56 Å². The number of rotatable bonds is 8. The number of hydrogen-bond donors (Lipinski definition) is 1. The summed E-state index contributed by atoms with van der Waals surface area (Å²) < 4.78 is 6.71. The fraction of sp³-hybridized carbons (Fsp3) is 0.600. The molecule has 0 aliphatic rings. The highest BCUT2D eigenvalue weighted by Crippen LogP contribution is 2.25. The number of ether oxygens (including phenoxy) is 1. The maximum Gasteiger partial charge on any atom is 0.262 e. The van der Waals surface area contributed by atoms with Crippen molar-refractivity contribution in [2.24, 2.45) is 0 Å². The second kappa shape index (κ2) is 7.68. The van der Waals surface area contributed by atoms with Gasteiger partial charge in [0.05, 0.1) is 18.3 Å². The largest absolute Gasteiger partial charge is 0.383 e. The van der Waals surface area contributed by atoms with Crippen molar-refractivity contribution in [1.82, 2.24) is 14.9 Å². The van der Waals surface area contributed by atoms with Crippen LogP contribution in [-0.2, 0) is 11.3 Å². The van der Waals surface area contributed by atoms with Crippen LogP contribution in [-0.4, -0.2) is 36.4 Å². The van der Waals surface area contributed by atoms with Crippen LogP contribution in [0.25, 0.3) is 10.2 Å². The fourth-order valence-electron chi connectivity index (χ4n) is 2.26. The first kappa shape index (κ1) is 16.1. The lowest BCUT2D eigenvalue weighted by Crippen LogP contribution is -2.23. The standard InChI is InChI=1S/C15H23N3O2S/c1-11-12(2)21-14-13(11)15(19)18(10-17-14)8-5-4-6-16-7-9-20-3/h10,16H,4-9H2,1-3H3. The molecule has 0 fully saturated rings. The van der Waals surface area contributed by atoms with Crippen molar-refractivity contribution in [3.63, 3.8) is 0 Å². The molecular weight excluding hydrogens is 286 g/mol. The van der Waals surface area contributed by atoms with Gasteiger partial charge in [0.1, 0.15) is 4.83 Å². The maximum atomic E-state index is 12.5. The number of unbranched alkanes of at least 4 members (excludes halogenated alkanes) is 1. The van der Waals surface area contributed by atoms with E-state index in [2.05, 4.69) is 10.3 Å². The van der Waals surface area contributed by atoms with Crippen LogP contribution >= 0.6 is 11.3 Å². The molecule has 0 aromatic carbocycles. The van der Waals surface area contributed by atoms with Crippen LogP contribution in [0.15, 0.2) is 11.1 Å². The number of hydrogen-bond acceptors (Lipinski definition) is 5. The third-order valence-corrected chi connectivity index (χ3v) is 4.76. The minimum absolute atomic E-state index is 0.0918. The van der Waals surface area contributed by atoms with E-state index in [4.69, 9.17) is 4.74 Å². The van der Waals surface area contributed by atoms with Crippen LogP contribution in [0.1, 0.15) is 23.3 Å². The Morgan fingerprint density at radius 1 is 1.33 bits per heavy atom. The van der Waals surface area contributed by atoms with Crippen molar-refractivity contribution in [2.75, 3.05) is 26.8 Å². The predicted molar refractivity (Wildman–Crippen MR) is 87.3 cm³/mol. The smallest absolute Gasteiger partial charge is 0.262 e. The van der Waals surface area contributed by atoms with Gasteiger partial charge in [-0.25, -0.2) is 4.98 Å². The molecule has 2 aromatic rings. The highest BCUT2D eigenvalue weighted by Gasteiger charge is 2.11. The number of nitrogens with zero attached hydrogens (tertiary/aromatic N) is 2. The molecular formula is C15H23N3O2S. The van der Waals surface area contributed by atoms with Crippen molar-refractivity contribution in [3.05, 3.63) is 27.1 Å². The van der Waals surface area contributed by atoms with Crippen molar-refractivity contribution in [2.45, 2.75) is 33.2 Å². The molecule has 6 heteroatoms. The summed E-state index contributed by atoms with van der Waals surface area (Å²) >= 11 is 1.59. The van der Waals surface area contributed by atoms with Gasteiger partial charge in [-0.1, -0.05) is 0 Å². The average Bonchev–Trinajstić information content (AvgIpc) is 2.76. The molecule has 0 bridgehead atoms. The van der Waals surface area contributed by atoms with Crippen LogP contribution in [0, 0.1) is 13.8 Å². The van der Waals surface area contributed by atoms with Crippen molar-refractivity contribution in [1.29, 1.82) is 0 Å². The Morgan fingerprint density at radius 3 is 2.90 bits per heavy atom. The van der Waals surface area contributed by atoms with Crippen molar-refractivity contribution in [3.8, 4) is 0 Å². The van der Waals surface area contributed by atoms with E-state index in [1.807, 2.05) is 13.8 Å². The molecule has 2 heterocycles. The third-order valence-electron chi connectivity index (χ3n) is 3.64. The molecule has 0 aliphatic carbocycles. The van der Waals surface area contributed by atoms with Gasteiger partial charge < -0.3 is 10.1 Å². The zero-order valence-corrected chi connectivity index (χ0v) is 13.8. The van der Waals surface area contributed by atoms with Crippen LogP contribution < -0.4 is 10.9 Å². The molecule has 0 saturated carbocycles. The highest BCUT2D eigenvalue weighted by atomic mass is 32.1. The van der Waals surface area contributed by atoms with Crippen molar-refractivity contribution < 1.29 is 4.74 Å². The van der Waals surface area contributed by atoms with E-state index in [0.29, 0.717) is 0 Å². The summed E-state index contributed by atoms with van der Waals surface area (Å²) in [5, 5.41) is 4.09. The van der Waals surface area contributed by atoms with E-state index in [1.54, 1.807) is 29.3 Å². The predicted octanol–water partition coefficient (Wildman–Crippen LogP) is 2.09. The first-order chi connectivity index (χ1) is 10.1. The molecule has 2 aromatic heterocycles. The maximum absolute atomic E-state index is 12.5. The molecule has 0 radical (unpaired) electrons. The monoisotopic (exact) mass is 309 g/mol. The normalized spacial score (nSPS) is 11.4. The Bertz CT molecular complexity index is 648. The first-order valence-corrected chi connectivity index (χ1v) is 8.11. The lowest BCUT2D eigenvalue weighted by Gasteiger charge is -2.06.